The van der Waals surface area contributed by atoms with Gasteiger partial charge in [-0.15, -0.1) is 0 Å². The minimum Gasteiger partial charge on any atom is -0.383 e. The lowest BCUT2D eigenvalue weighted by Crippen LogP contribution is -2.31. The van der Waals surface area contributed by atoms with Crippen molar-refractivity contribution in [2.45, 2.75) is 90.4 Å². The molecule has 3 nitrogen and oxygen atoms in total. The lowest BCUT2D eigenvalue weighted by molar-refractivity contribution is 0.338. The van der Waals surface area contributed by atoms with Crippen molar-refractivity contribution < 1.29 is 0 Å². The Bertz CT molecular complexity index is 2000. The third-order valence-corrected chi connectivity index (χ3v) is 11.7. The quantitative estimate of drug-likeness (QED) is 0.169. The molecule has 3 atom stereocenters. The molecule has 51 heavy (non-hydrogen) atoms. The second-order valence-corrected chi connectivity index (χ2v) is 15.2. The van der Waals surface area contributed by atoms with Gasteiger partial charge in [0.2, 0.25) is 0 Å². The zero-order valence-electron chi connectivity index (χ0n) is 30.8. The summed E-state index contributed by atoms with van der Waals surface area (Å²) in [6, 6.07) is 17.5. The summed E-state index contributed by atoms with van der Waals surface area (Å²) in [7, 11) is 0. The van der Waals surface area contributed by atoms with Gasteiger partial charge in [-0.05, 0) is 126 Å². The Hall–Kier alpha value is -4.76. The first-order valence-corrected chi connectivity index (χ1v) is 19.2. The van der Waals surface area contributed by atoms with Crippen molar-refractivity contribution in [3.8, 4) is 0 Å². The Morgan fingerprint density at radius 1 is 0.863 bits per heavy atom. The Balaban J connectivity index is 1.21. The van der Waals surface area contributed by atoms with Crippen LogP contribution in [-0.4, -0.2) is 11.7 Å². The molecule has 0 fully saturated rings. The molecule has 3 heteroatoms. The number of benzene rings is 2. The average Bonchev–Trinajstić information content (AvgIpc) is 3.17. The van der Waals surface area contributed by atoms with Crippen LogP contribution in [0, 0.1) is 11.8 Å². The minimum atomic E-state index is -0.0207. The Kier molecular flexibility index (Phi) is 10.4. The molecule has 0 spiro atoms. The molecule has 2 aromatic rings. The molecule has 2 N–H and O–H groups in total. The number of aliphatic imine (C=N–C) groups is 2. The van der Waals surface area contributed by atoms with Gasteiger partial charge in [0, 0.05) is 17.0 Å². The van der Waals surface area contributed by atoms with E-state index in [2.05, 4.69) is 137 Å². The van der Waals surface area contributed by atoms with E-state index in [9.17, 15) is 0 Å². The number of allylic oxidation sites excluding steroid dienone is 13. The van der Waals surface area contributed by atoms with E-state index in [4.69, 9.17) is 15.7 Å². The predicted molar refractivity (Wildman–Crippen MR) is 219 cm³/mol. The van der Waals surface area contributed by atoms with Crippen LogP contribution in [0.15, 0.2) is 153 Å². The van der Waals surface area contributed by atoms with Gasteiger partial charge in [-0.3, -0.25) is 0 Å². The SMILES string of the molecule is C=C(/N=C(\N=C(/N)C1=CC(CC)=C(C2=CC=CCC2)CC1)C1=CC=C(c2ccccc2)CC1)C1C=C[C@@](C)(c2cccc3c2CCC=C3)CC1C. The molecular formula is C48H53N3. The molecule has 0 saturated carbocycles. The zero-order chi connectivity index (χ0) is 35.4. The lowest BCUT2D eigenvalue weighted by atomic mass is 9.66. The fourth-order valence-electron chi connectivity index (χ4n) is 8.83. The Labute approximate surface area is 306 Å². The largest absolute Gasteiger partial charge is 0.383 e. The van der Waals surface area contributed by atoms with Crippen molar-refractivity contribution in [3.05, 3.63) is 166 Å². The maximum atomic E-state index is 6.91. The standard InChI is InChI=1S/C48H53N3/c1-5-35-31-41(27-28-43(35)38-17-10-7-11-18-38)46(49)51-47(40-25-23-37(24-26-40)36-15-8-6-9-16-36)50-34(3)42-29-30-48(4,32-33(42)2)45-22-14-20-39-19-12-13-21-44(39)45/h6-10,12,14-17,19-20,22-23,25,29-31,33,42H,3,5,11,13,18,21,24,26-28,32H2,1-2,4H3,(H2,49,50,51)/t33?,42?,48-/m1/s1. The van der Waals surface area contributed by atoms with Gasteiger partial charge in [-0.25, -0.2) is 9.98 Å². The molecule has 2 unspecified atom stereocenters. The third kappa shape index (κ3) is 7.49. The van der Waals surface area contributed by atoms with Crippen LogP contribution in [0.1, 0.15) is 101 Å². The van der Waals surface area contributed by atoms with Gasteiger partial charge in [0.1, 0.15) is 5.84 Å². The summed E-state index contributed by atoms with van der Waals surface area (Å²) in [6.45, 7) is 11.6. The molecule has 5 aliphatic rings. The highest BCUT2D eigenvalue weighted by Crippen LogP contribution is 2.44. The monoisotopic (exact) mass is 671 g/mol. The van der Waals surface area contributed by atoms with Crippen LogP contribution in [0.2, 0.25) is 0 Å². The number of hydrogen-bond donors (Lipinski definition) is 1. The molecule has 0 aliphatic heterocycles. The molecule has 2 aromatic carbocycles. The molecule has 5 aliphatic carbocycles. The second kappa shape index (κ2) is 15.2. The fourth-order valence-corrected chi connectivity index (χ4v) is 8.83. The van der Waals surface area contributed by atoms with Gasteiger partial charge in [0.25, 0.3) is 0 Å². The number of fused-ring (bicyclic) bond motifs is 1. The van der Waals surface area contributed by atoms with Gasteiger partial charge >= 0.3 is 0 Å². The van der Waals surface area contributed by atoms with Crippen LogP contribution in [0.3, 0.4) is 0 Å². The van der Waals surface area contributed by atoms with E-state index in [0.717, 1.165) is 81.1 Å². The normalized spacial score (nSPS) is 25.2. The van der Waals surface area contributed by atoms with E-state index < -0.39 is 0 Å². The summed E-state index contributed by atoms with van der Waals surface area (Å²) in [6.07, 6.45) is 33.0. The van der Waals surface area contributed by atoms with E-state index in [-0.39, 0.29) is 11.3 Å². The van der Waals surface area contributed by atoms with Crippen LogP contribution in [0.25, 0.3) is 11.6 Å². The Morgan fingerprint density at radius 2 is 1.69 bits per heavy atom. The van der Waals surface area contributed by atoms with Gasteiger partial charge in [-0.2, -0.15) is 0 Å². The zero-order valence-corrected chi connectivity index (χ0v) is 30.8. The van der Waals surface area contributed by atoms with Crippen molar-refractivity contribution in [3.63, 3.8) is 0 Å². The van der Waals surface area contributed by atoms with Crippen molar-refractivity contribution >= 4 is 23.3 Å². The smallest absolute Gasteiger partial charge is 0.157 e. The molecule has 0 radical (unpaired) electrons. The predicted octanol–water partition coefficient (Wildman–Crippen LogP) is 11.9. The molecule has 0 saturated heterocycles. The van der Waals surface area contributed by atoms with Crippen molar-refractivity contribution in [1.29, 1.82) is 0 Å². The van der Waals surface area contributed by atoms with Crippen LogP contribution in [0.4, 0.5) is 0 Å². The summed E-state index contributed by atoms with van der Waals surface area (Å²) in [4.78, 5) is 10.4. The molecule has 0 bridgehead atoms. The first kappa shape index (κ1) is 34.7. The molecular weight excluding hydrogens is 619 g/mol. The summed E-state index contributed by atoms with van der Waals surface area (Å²) in [5.41, 5.74) is 21.3. The molecule has 260 valence electrons. The van der Waals surface area contributed by atoms with Gasteiger partial charge < -0.3 is 5.73 Å². The summed E-state index contributed by atoms with van der Waals surface area (Å²) in [5, 5.41) is 0. The lowest BCUT2D eigenvalue weighted by Gasteiger charge is -2.39. The summed E-state index contributed by atoms with van der Waals surface area (Å²) >= 11 is 0. The van der Waals surface area contributed by atoms with E-state index in [1.165, 1.54) is 44.5 Å². The van der Waals surface area contributed by atoms with E-state index in [1.54, 1.807) is 0 Å². The first-order valence-electron chi connectivity index (χ1n) is 19.2. The van der Waals surface area contributed by atoms with E-state index in [0.29, 0.717) is 17.6 Å². The maximum Gasteiger partial charge on any atom is 0.157 e. The van der Waals surface area contributed by atoms with E-state index >= 15 is 0 Å². The maximum absolute atomic E-state index is 6.91. The van der Waals surface area contributed by atoms with Crippen LogP contribution < -0.4 is 5.73 Å². The van der Waals surface area contributed by atoms with Gasteiger partial charge in [0.05, 0.1) is 0 Å². The first-order chi connectivity index (χ1) is 24.8. The highest BCUT2D eigenvalue weighted by atomic mass is 15.0. The van der Waals surface area contributed by atoms with Crippen LogP contribution in [-0.2, 0) is 11.8 Å². The van der Waals surface area contributed by atoms with Crippen molar-refractivity contribution in [2.75, 3.05) is 0 Å². The highest BCUT2D eigenvalue weighted by Gasteiger charge is 2.36. The summed E-state index contributed by atoms with van der Waals surface area (Å²) < 4.78 is 0. The summed E-state index contributed by atoms with van der Waals surface area (Å²) in [5.74, 6) is 1.78. The number of nitrogens with zero attached hydrogens (tertiary/aromatic N) is 2. The van der Waals surface area contributed by atoms with Gasteiger partial charge in [-0.1, -0.05) is 137 Å². The molecule has 0 heterocycles. The van der Waals surface area contributed by atoms with Crippen LogP contribution >= 0.6 is 0 Å². The van der Waals surface area contributed by atoms with Crippen molar-refractivity contribution in [2.24, 2.45) is 27.6 Å². The van der Waals surface area contributed by atoms with E-state index in [1.807, 2.05) is 0 Å². The fraction of sp³-hybridized carbons (Fsp3) is 0.333. The highest BCUT2D eigenvalue weighted by molar-refractivity contribution is 6.11. The average molecular weight is 672 g/mol. The van der Waals surface area contributed by atoms with Crippen molar-refractivity contribution in [1.82, 2.24) is 0 Å². The Morgan fingerprint density at radius 3 is 2.43 bits per heavy atom. The molecule has 7 rings (SSSR count). The van der Waals surface area contributed by atoms with Gasteiger partial charge in [0.15, 0.2) is 5.84 Å². The van der Waals surface area contributed by atoms with Crippen LogP contribution in [0.5, 0.6) is 0 Å². The second-order valence-electron chi connectivity index (χ2n) is 15.2. The number of amidine groups is 2. The number of hydrogen-bond acceptors (Lipinski definition) is 1. The molecule has 0 aromatic heterocycles. The molecule has 0 amide bonds. The minimum absolute atomic E-state index is 0.0207. The number of rotatable bonds is 8. The third-order valence-electron chi connectivity index (χ3n) is 11.7. The topological polar surface area (TPSA) is 50.7 Å². The number of nitrogens with two attached hydrogens (primary N) is 1.